The number of fused-ring (bicyclic) bond motifs is 1. The summed E-state index contributed by atoms with van der Waals surface area (Å²) in [5.41, 5.74) is 2.49. The molecule has 5 nitrogen and oxygen atoms in total. The van der Waals surface area contributed by atoms with Crippen molar-refractivity contribution in [3.63, 3.8) is 0 Å². The van der Waals surface area contributed by atoms with Crippen LogP contribution in [0.1, 0.15) is 22.3 Å². The van der Waals surface area contributed by atoms with E-state index in [1.807, 2.05) is 17.9 Å². The van der Waals surface area contributed by atoms with Crippen LogP contribution in [0.5, 0.6) is 0 Å². The maximum atomic E-state index is 5.37. The molecule has 2 aromatic heterocycles. The second-order valence-corrected chi connectivity index (χ2v) is 5.91. The standard InChI is InChI=1S/C13H18N4OS/c1-16-9-15-11-6-17(7-12-14-3-4-19-12)5-10(8-18-2)13(11)16/h3-4,9-10H,5-8H2,1-2H3/t10-/m0/s1. The molecular formula is C13H18N4OS. The van der Waals surface area contributed by atoms with Crippen molar-refractivity contribution in [2.75, 3.05) is 20.3 Å². The second kappa shape index (κ2) is 5.40. The smallest absolute Gasteiger partial charge is 0.107 e. The maximum absolute atomic E-state index is 5.37. The molecular weight excluding hydrogens is 260 g/mol. The Balaban J connectivity index is 1.80. The van der Waals surface area contributed by atoms with Crippen LogP contribution in [0.25, 0.3) is 0 Å². The van der Waals surface area contributed by atoms with Crippen molar-refractivity contribution >= 4 is 11.3 Å². The summed E-state index contributed by atoms with van der Waals surface area (Å²) in [5, 5.41) is 3.19. The molecule has 3 rings (SSSR count). The quantitative estimate of drug-likeness (QED) is 0.852. The van der Waals surface area contributed by atoms with Gasteiger partial charge in [0.25, 0.3) is 0 Å². The Morgan fingerprint density at radius 1 is 1.47 bits per heavy atom. The first kappa shape index (κ1) is 12.8. The summed E-state index contributed by atoms with van der Waals surface area (Å²) in [6, 6.07) is 0. The summed E-state index contributed by atoms with van der Waals surface area (Å²) < 4.78 is 7.49. The first-order chi connectivity index (χ1) is 9.28. The molecule has 1 aliphatic rings. The molecule has 0 bridgehead atoms. The van der Waals surface area contributed by atoms with Gasteiger partial charge in [-0.05, 0) is 0 Å². The average molecular weight is 278 g/mol. The van der Waals surface area contributed by atoms with Crippen LogP contribution in [0.15, 0.2) is 17.9 Å². The van der Waals surface area contributed by atoms with Gasteiger partial charge >= 0.3 is 0 Å². The predicted octanol–water partition coefficient (Wildman–Crippen LogP) is 1.62. The lowest BCUT2D eigenvalue weighted by molar-refractivity contribution is 0.132. The van der Waals surface area contributed by atoms with Crippen LogP contribution in [0, 0.1) is 0 Å². The first-order valence-corrected chi connectivity index (χ1v) is 7.25. The van der Waals surface area contributed by atoms with Crippen molar-refractivity contribution in [2.24, 2.45) is 7.05 Å². The van der Waals surface area contributed by atoms with Crippen LogP contribution in [-0.2, 0) is 24.9 Å². The lowest BCUT2D eigenvalue weighted by Gasteiger charge is -2.32. The minimum atomic E-state index is 0.390. The van der Waals surface area contributed by atoms with E-state index in [9.17, 15) is 0 Å². The highest BCUT2D eigenvalue weighted by molar-refractivity contribution is 7.09. The Morgan fingerprint density at radius 2 is 2.37 bits per heavy atom. The van der Waals surface area contributed by atoms with Gasteiger partial charge in [0.15, 0.2) is 0 Å². The van der Waals surface area contributed by atoms with Gasteiger partial charge in [-0.3, -0.25) is 4.90 Å². The summed E-state index contributed by atoms with van der Waals surface area (Å²) in [4.78, 5) is 11.3. The van der Waals surface area contributed by atoms with E-state index in [-0.39, 0.29) is 0 Å². The van der Waals surface area contributed by atoms with Gasteiger partial charge in [-0.15, -0.1) is 11.3 Å². The highest BCUT2D eigenvalue weighted by atomic mass is 32.1. The van der Waals surface area contributed by atoms with Gasteiger partial charge in [-0.25, -0.2) is 9.97 Å². The van der Waals surface area contributed by atoms with E-state index in [1.165, 1.54) is 11.4 Å². The van der Waals surface area contributed by atoms with Gasteiger partial charge in [-0.1, -0.05) is 0 Å². The average Bonchev–Trinajstić information content (AvgIpc) is 3.00. The van der Waals surface area contributed by atoms with Crippen molar-refractivity contribution in [1.82, 2.24) is 19.4 Å². The largest absolute Gasteiger partial charge is 0.384 e. The van der Waals surface area contributed by atoms with Gasteiger partial charge in [0.2, 0.25) is 0 Å². The van der Waals surface area contributed by atoms with Crippen molar-refractivity contribution in [3.8, 4) is 0 Å². The zero-order valence-corrected chi connectivity index (χ0v) is 12.1. The number of hydrogen-bond donors (Lipinski definition) is 0. The summed E-state index contributed by atoms with van der Waals surface area (Å²) in [6.45, 7) is 3.53. The Bertz CT molecular complexity index is 537. The van der Waals surface area contributed by atoms with E-state index < -0.39 is 0 Å². The third kappa shape index (κ3) is 2.56. The van der Waals surface area contributed by atoms with Crippen LogP contribution in [0.3, 0.4) is 0 Å². The molecule has 1 aliphatic heterocycles. The molecule has 102 valence electrons. The molecule has 0 radical (unpaired) electrons. The van der Waals surface area contributed by atoms with Crippen LogP contribution in [0.4, 0.5) is 0 Å². The Morgan fingerprint density at radius 3 is 3.11 bits per heavy atom. The molecule has 0 saturated heterocycles. The Kier molecular flexibility index (Phi) is 3.63. The lowest BCUT2D eigenvalue weighted by atomic mass is 9.99. The predicted molar refractivity (Wildman–Crippen MR) is 74.1 cm³/mol. The highest BCUT2D eigenvalue weighted by Crippen LogP contribution is 2.28. The molecule has 0 spiro atoms. The number of aromatic nitrogens is 3. The number of aryl methyl sites for hydroxylation is 1. The molecule has 0 aliphatic carbocycles. The molecule has 0 unspecified atom stereocenters. The molecule has 0 fully saturated rings. The van der Waals surface area contributed by atoms with Crippen molar-refractivity contribution in [3.05, 3.63) is 34.3 Å². The van der Waals surface area contributed by atoms with Gasteiger partial charge in [-0.2, -0.15) is 0 Å². The molecule has 3 heterocycles. The summed E-state index contributed by atoms with van der Waals surface area (Å²) >= 11 is 1.71. The number of thiazole rings is 1. The van der Waals surface area contributed by atoms with Crippen LogP contribution < -0.4 is 0 Å². The molecule has 6 heteroatoms. The van der Waals surface area contributed by atoms with Gasteiger partial charge < -0.3 is 9.30 Å². The van der Waals surface area contributed by atoms with Crippen LogP contribution >= 0.6 is 11.3 Å². The van der Waals surface area contributed by atoms with Crippen LogP contribution in [0.2, 0.25) is 0 Å². The second-order valence-electron chi connectivity index (χ2n) is 4.94. The van der Waals surface area contributed by atoms with Crippen molar-refractivity contribution in [2.45, 2.75) is 19.0 Å². The van der Waals surface area contributed by atoms with Gasteiger partial charge in [0.1, 0.15) is 5.01 Å². The minimum absolute atomic E-state index is 0.390. The summed E-state index contributed by atoms with van der Waals surface area (Å²) in [5.74, 6) is 0.390. The van der Waals surface area contributed by atoms with Gasteiger partial charge in [0, 0.05) is 50.4 Å². The Hall–Kier alpha value is -1.24. The summed E-state index contributed by atoms with van der Waals surface area (Å²) in [6.07, 6.45) is 3.77. The monoisotopic (exact) mass is 278 g/mol. The number of hydrogen-bond acceptors (Lipinski definition) is 5. The van der Waals surface area contributed by atoms with E-state index in [2.05, 4.69) is 26.5 Å². The van der Waals surface area contributed by atoms with Crippen LogP contribution in [-0.4, -0.2) is 39.7 Å². The number of nitrogens with zero attached hydrogens (tertiary/aromatic N) is 4. The lowest BCUT2D eigenvalue weighted by Crippen LogP contribution is -2.35. The minimum Gasteiger partial charge on any atom is -0.384 e. The summed E-state index contributed by atoms with van der Waals surface area (Å²) in [7, 11) is 3.82. The van der Waals surface area contributed by atoms with E-state index in [4.69, 9.17) is 4.74 Å². The third-order valence-electron chi connectivity index (χ3n) is 3.51. The number of methoxy groups -OCH3 is 1. The molecule has 19 heavy (non-hydrogen) atoms. The molecule has 0 N–H and O–H groups in total. The van der Waals surface area contributed by atoms with E-state index in [1.54, 1.807) is 18.4 Å². The number of ether oxygens (including phenoxy) is 1. The topological polar surface area (TPSA) is 43.2 Å². The number of imidazole rings is 1. The molecule has 0 amide bonds. The highest BCUT2D eigenvalue weighted by Gasteiger charge is 2.29. The fraction of sp³-hybridized carbons (Fsp3) is 0.538. The first-order valence-electron chi connectivity index (χ1n) is 6.37. The fourth-order valence-electron chi connectivity index (χ4n) is 2.78. The molecule has 2 aromatic rings. The number of rotatable bonds is 4. The molecule has 1 atom stereocenters. The normalized spacial score (nSPS) is 19.6. The maximum Gasteiger partial charge on any atom is 0.107 e. The zero-order valence-electron chi connectivity index (χ0n) is 11.2. The molecule has 0 aromatic carbocycles. The van der Waals surface area contributed by atoms with Crippen molar-refractivity contribution in [1.29, 1.82) is 0 Å². The van der Waals surface area contributed by atoms with Crippen molar-refractivity contribution < 1.29 is 4.74 Å². The van der Waals surface area contributed by atoms with Gasteiger partial charge in [0.05, 0.1) is 25.2 Å². The fourth-order valence-corrected chi connectivity index (χ4v) is 3.44. The molecule has 0 saturated carbocycles. The van der Waals surface area contributed by atoms with E-state index in [0.29, 0.717) is 5.92 Å². The Labute approximate surface area is 116 Å². The SMILES string of the molecule is COC[C@@H]1CN(Cc2nccs2)Cc2ncn(C)c21. The van der Waals surface area contributed by atoms with E-state index >= 15 is 0 Å². The third-order valence-corrected chi connectivity index (χ3v) is 4.28. The van der Waals surface area contributed by atoms with E-state index in [0.717, 1.165) is 31.2 Å². The zero-order chi connectivity index (χ0) is 13.2.